The van der Waals surface area contributed by atoms with E-state index in [4.69, 9.17) is 20.6 Å². The van der Waals surface area contributed by atoms with Crippen LogP contribution in [0.4, 0.5) is 4.79 Å². The number of likely N-dealkylation sites (tertiary alicyclic amines) is 1. The molecule has 10 nitrogen and oxygen atoms in total. The van der Waals surface area contributed by atoms with Gasteiger partial charge in [0.05, 0.1) is 24.1 Å². The Morgan fingerprint density at radius 2 is 1.75 bits per heavy atom. The first kappa shape index (κ1) is 28.2. The number of nitrogens with one attached hydrogen (secondary N) is 3. The molecule has 3 aliphatic rings. The highest BCUT2D eigenvalue weighted by atomic mass is 16.6. The molecule has 0 aromatic rings. The lowest BCUT2D eigenvalue weighted by Crippen LogP contribution is -2.56. The summed E-state index contributed by atoms with van der Waals surface area (Å²) in [5, 5.41) is 13.4. The number of amides is 3. The zero-order valence-corrected chi connectivity index (χ0v) is 22.1. The molecule has 0 aromatic carbocycles. The zero-order chi connectivity index (χ0) is 26.3. The second kappa shape index (κ2) is 12.7. The number of amidine groups is 1. The fourth-order valence-electron chi connectivity index (χ4n) is 5.66. The molecular formula is C26H45N5O5. The highest BCUT2D eigenvalue weighted by molar-refractivity contribution is 5.92. The number of nitrogens with two attached hydrogens (primary N) is 1. The van der Waals surface area contributed by atoms with Crippen LogP contribution in [0.5, 0.6) is 0 Å². The van der Waals surface area contributed by atoms with E-state index in [-0.39, 0.29) is 41.9 Å². The minimum absolute atomic E-state index is 0.0484. The van der Waals surface area contributed by atoms with Gasteiger partial charge in [0.25, 0.3) is 0 Å². The molecule has 1 aliphatic heterocycles. The number of hydrogen-bond acceptors (Lipinski definition) is 6. The van der Waals surface area contributed by atoms with E-state index in [9.17, 15) is 14.4 Å². The summed E-state index contributed by atoms with van der Waals surface area (Å²) in [5.41, 5.74) is 5.34. The maximum absolute atomic E-state index is 13.6. The van der Waals surface area contributed by atoms with Crippen molar-refractivity contribution >= 4 is 23.7 Å². The minimum atomic E-state index is -0.913. The van der Waals surface area contributed by atoms with Crippen molar-refractivity contribution in [3.05, 3.63) is 0 Å². The molecule has 1 heterocycles. The molecule has 3 fully saturated rings. The van der Waals surface area contributed by atoms with Gasteiger partial charge in [0, 0.05) is 19.0 Å². The van der Waals surface area contributed by atoms with Crippen molar-refractivity contribution in [2.24, 2.45) is 17.6 Å². The van der Waals surface area contributed by atoms with Crippen LogP contribution in [0.3, 0.4) is 0 Å². The van der Waals surface area contributed by atoms with Crippen LogP contribution in [0, 0.1) is 17.2 Å². The van der Waals surface area contributed by atoms with Crippen LogP contribution in [0.15, 0.2) is 0 Å². The van der Waals surface area contributed by atoms with Crippen molar-refractivity contribution < 1.29 is 23.9 Å². The Morgan fingerprint density at radius 3 is 2.36 bits per heavy atom. The number of ether oxygens (including phenoxy) is 2. The summed E-state index contributed by atoms with van der Waals surface area (Å²) < 4.78 is 11.4. The van der Waals surface area contributed by atoms with E-state index in [0.717, 1.165) is 57.8 Å². The first-order chi connectivity index (χ1) is 17.1. The van der Waals surface area contributed by atoms with E-state index in [1.807, 2.05) is 6.92 Å². The average molecular weight is 508 g/mol. The monoisotopic (exact) mass is 507 g/mol. The molecule has 0 spiro atoms. The lowest BCUT2D eigenvalue weighted by Gasteiger charge is -2.32. The van der Waals surface area contributed by atoms with Crippen molar-refractivity contribution in [3.8, 4) is 0 Å². The van der Waals surface area contributed by atoms with Crippen LogP contribution in [0.2, 0.25) is 0 Å². The number of rotatable bonds is 10. The van der Waals surface area contributed by atoms with Crippen molar-refractivity contribution in [1.29, 1.82) is 5.41 Å². The first-order valence-electron chi connectivity index (χ1n) is 13.6. The summed E-state index contributed by atoms with van der Waals surface area (Å²) >= 11 is 0. The van der Waals surface area contributed by atoms with Crippen LogP contribution >= 0.6 is 0 Å². The number of hydrogen-bond donors (Lipinski definition) is 4. The molecule has 3 rings (SSSR count). The van der Waals surface area contributed by atoms with Crippen LogP contribution in [-0.4, -0.2) is 72.1 Å². The first-order valence-corrected chi connectivity index (χ1v) is 13.6. The van der Waals surface area contributed by atoms with Gasteiger partial charge in [0.1, 0.15) is 12.1 Å². The summed E-state index contributed by atoms with van der Waals surface area (Å²) in [6.45, 7) is 6.62. The molecule has 5 N–H and O–H groups in total. The molecule has 204 valence electrons. The Balaban J connectivity index is 1.58. The molecule has 0 radical (unpaired) electrons. The molecule has 0 aromatic heterocycles. The number of carbonyl (C=O) groups excluding carboxylic acids is 3. The fourth-order valence-corrected chi connectivity index (χ4v) is 5.66. The van der Waals surface area contributed by atoms with Crippen molar-refractivity contribution in [2.45, 2.75) is 109 Å². The van der Waals surface area contributed by atoms with E-state index < -0.39 is 18.2 Å². The number of alkyl carbamates (subject to hydrolysis) is 1. The molecule has 0 bridgehead atoms. The summed E-state index contributed by atoms with van der Waals surface area (Å²) in [5.74, 6) is 0.305. The highest BCUT2D eigenvalue weighted by Gasteiger charge is 2.39. The van der Waals surface area contributed by atoms with Gasteiger partial charge in [-0.2, -0.15) is 0 Å². The summed E-state index contributed by atoms with van der Waals surface area (Å²) in [6.07, 6.45) is 7.98. The Hall–Kier alpha value is -2.36. The van der Waals surface area contributed by atoms with Crippen LogP contribution in [0.1, 0.15) is 85.0 Å². The van der Waals surface area contributed by atoms with Crippen molar-refractivity contribution in [2.75, 3.05) is 19.7 Å². The van der Waals surface area contributed by atoms with Crippen LogP contribution < -0.4 is 16.4 Å². The molecule has 1 saturated heterocycles. The third-order valence-corrected chi connectivity index (χ3v) is 7.88. The molecular weight excluding hydrogens is 462 g/mol. The maximum Gasteiger partial charge on any atom is 0.408 e. The van der Waals surface area contributed by atoms with Crippen LogP contribution in [0.25, 0.3) is 0 Å². The topological polar surface area (TPSA) is 147 Å². The molecule has 2 saturated carbocycles. The lowest BCUT2D eigenvalue weighted by atomic mass is 9.81. The Bertz CT molecular complexity index is 790. The number of nitrogens with zero attached hydrogens (tertiary/aromatic N) is 1. The standard InChI is InChI=1S/C26H45N5O5/c1-17(2)36-25(34)30-20(16-35-26(3)12-4-5-13-26)24(33)31-14-6-7-21(31)23(32)29-15-18-8-10-19(11-9-18)22(27)28/h17-21H,4-16H2,1-3H3,(H3,27,28)(H,29,32)(H,30,34)/t18?,19?,20-,21+/m1/s1. The van der Waals surface area contributed by atoms with Gasteiger partial charge >= 0.3 is 6.09 Å². The molecule has 2 atom stereocenters. The van der Waals surface area contributed by atoms with Crippen molar-refractivity contribution in [1.82, 2.24) is 15.5 Å². The molecule has 3 amide bonds. The normalized spacial score (nSPS) is 26.4. The van der Waals surface area contributed by atoms with E-state index in [1.165, 1.54) is 0 Å². The third-order valence-electron chi connectivity index (χ3n) is 7.88. The quantitative estimate of drug-likeness (QED) is 0.264. The molecule has 2 aliphatic carbocycles. The molecule has 0 unspecified atom stereocenters. The summed E-state index contributed by atoms with van der Waals surface area (Å²) in [4.78, 5) is 40.6. The van der Waals surface area contributed by atoms with Gasteiger partial charge in [-0.3, -0.25) is 15.0 Å². The van der Waals surface area contributed by atoms with Gasteiger partial charge in [-0.15, -0.1) is 0 Å². The summed E-state index contributed by atoms with van der Waals surface area (Å²) in [6, 6.07) is -1.47. The van der Waals surface area contributed by atoms with Gasteiger partial charge < -0.3 is 30.7 Å². The van der Waals surface area contributed by atoms with E-state index in [2.05, 4.69) is 10.6 Å². The van der Waals surface area contributed by atoms with Gasteiger partial charge in [-0.05, 0) is 78.1 Å². The second-order valence-corrected chi connectivity index (χ2v) is 11.2. The van der Waals surface area contributed by atoms with Gasteiger partial charge in [0.15, 0.2) is 0 Å². The zero-order valence-electron chi connectivity index (χ0n) is 22.1. The van der Waals surface area contributed by atoms with Crippen molar-refractivity contribution in [3.63, 3.8) is 0 Å². The smallest absolute Gasteiger partial charge is 0.408 e. The Morgan fingerprint density at radius 1 is 1.08 bits per heavy atom. The maximum atomic E-state index is 13.6. The number of carbonyl (C=O) groups is 3. The summed E-state index contributed by atoms with van der Waals surface area (Å²) in [7, 11) is 0. The predicted molar refractivity (Wildman–Crippen MR) is 136 cm³/mol. The molecule has 10 heteroatoms. The van der Waals surface area contributed by atoms with Gasteiger partial charge in [-0.25, -0.2) is 4.79 Å². The van der Waals surface area contributed by atoms with E-state index >= 15 is 0 Å². The predicted octanol–water partition coefficient (Wildman–Crippen LogP) is 2.69. The van der Waals surface area contributed by atoms with Crippen LogP contribution in [-0.2, 0) is 19.1 Å². The fraction of sp³-hybridized carbons (Fsp3) is 0.846. The largest absolute Gasteiger partial charge is 0.447 e. The second-order valence-electron chi connectivity index (χ2n) is 11.2. The third kappa shape index (κ3) is 7.82. The van der Waals surface area contributed by atoms with Gasteiger partial charge in [-0.1, -0.05) is 12.8 Å². The SMILES string of the molecule is CC(C)OC(=O)N[C@H](COC1(C)CCCC1)C(=O)N1CCC[C@H]1C(=O)NCC1CCC(C(=N)N)CC1. The van der Waals surface area contributed by atoms with E-state index in [0.29, 0.717) is 25.4 Å². The Labute approximate surface area is 214 Å². The minimum Gasteiger partial charge on any atom is -0.447 e. The molecule has 36 heavy (non-hydrogen) atoms. The highest BCUT2D eigenvalue weighted by Crippen LogP contribution is 2.33. The van der Waals surface area contributed by atoms with E-state index in [1.54, 1.807) is 18.7 Å². The Kier molecular flexibility index (Phi) is 9.99. The lowest BCUT2D eigenvalue weighted by molar-refractivity contribution is -0.142. The van der Waals surface area contributed by atoms with Gasteiger partial charge in [0.2, 0.25) is 11.8 Å². The average Bonchev–Trinajstić information content (AvgIpc) is 3.49.